The van der Waals surface area contributed by atoms with Crippen LogP contribution in [0.2, 0.25) is 36.3 Å². The second-order valence-electron chi connectivity index (χ2n) is 14.2. The van der Waals surface area contributed by atoms with Crippen LogP contribution >= 0.6 is 0 Å². The van der Waals surface area contributed by atoms with Crippen molar-refractivity contribution in [3.63, 3.8) is 0 Å². The lowest BCUT2D eigenvalue weighted by molar-refractivity contribution is -0.116. The van der Waals surface area contributed by atoms with Gasteiger partial charge in [-0.3, -0.25) is 0 Å². The second-order valence-corrected chi connectivity index (χ2v) is 25.7. The molecule has 0 heterocycles. The molecular formula is C26H53NO4SSi2. The van der Waals surface area contributed by atoms with E-state index in [1.54, 1.807) is 0 Å². The monoisotopic (exact) mass is 531 g/mol. The summed E-state index contributed by atoms with van der Waals surface area (Å²) in [5, 5.41) is 0.541. The van der Waals surface area contributed by atoms with E-state index < -0.39 is 27.6 Å². The molecule has 0 amide bonds. The highest BCUT2D eigenvalue weighted by Gasteiger charge is 2.43. The summed E-state index contributed by atoms with van der Waals surface area (Å²) < 4.78 is 28.3. The van der Waals surface area contributed by atoms with Crippen molar-refractivity contribution in [1.82, 2.24) is 0 Å². The number of hydrogen-bond acceptors (Lipinski definition) is 4. The van der Waals surface area contributed by atoms with Gasteiger partial charge in [0, 0.05) is 24.3 Å². The zero-order valence-electron chi connectivity index (χ0n) is 24.3. The Morgan fingerprint density at radius 3 is 1.38 bits per heavy atom. The first-order chi connectivity index (χ1) is 15.1. The molecule has 8 heteroatoms. The maximum atomic E-state index is 11.8. The molecule has 0 aromatic heterocycles. The molecule has 0 aromatic rings. The van der Waals surface area contributed by atoms with E-state index in [1.807, 2.05) is 27.0 Å². The standard InChI is InChI=1S/C15H31NO2SSi.C11H22O2Si/c1-14(2,3)19(17)16-11-12-9-13(10-12)18-20(7,8)15(4,5)6;1-11(2,3)14(4,5)13-10-6-9(7-10)8-12/h11-13H,9-10H2,1-8H3;8-10H,6-7H2,1-5H3. The Bertz CT molecular complexity index is 721. The van der Waals surface area contributed by atoms with Gasteiger partial charge >= 0.3 is 0 Å². The fourth-order valence-corrected chi connectivity index (χ4v) is 6.48. The third-order valence-electron chi connectivity index (χ3n) is 7.88. The normalized spacial score (nSPS) is 27.3. The Kier molecular flexibility index (Phi) is 10.8. The summed E-state index contributed by atoms with van der Waals surface area (Å²) in [6, 6.07) is 0. The van der Waals surface area contributed by atoms with E-state index in [2.05, 4.69) is 72.1 Å². The average molecular weight is 532 g/mol. The average Bonchev–Trinajstić information content (AvgIpc) is 2.56. The minimum atomic E-state index is -1.65. The highest BCUT2D eigenvalue weighted by atomic mass is 32.2. The van der Waals surface area contributed by atoms with Crippen LogP contribution in [0.15, 0.2) is 4.40 Å². The summed E-state index contributed by atoms with van der Waals surface area (Å²) in [6.45, 7) is 28.5. The van der Waals surface area contributed by atoms with Crippen molar-refractivity contribution in [2.75, 3.05) is 0 Å². The van der Waals surface area contributed by atoms with Gasteiger partial charge in [-0.15, -0.1) is 0 Å². The maximum Gasteiger partial charge on any atom is 0.192 e. The number of carbonyl (C=O) groups is 1. The Morgan fingerprint density at radius 2 is 1.09 bits per heavy atom. The third-order valence-corrected chi connectivity index (χ3v) is 18.3. The molecule has 0 radical (unpaired) electrons. The molecular weight excluding hydrogens is 479 g/mol. The predicted octanol–water partition coefficient (Wildman–Crippen LogP) is 7.31. The van der Waals surface area contributed by atoms with Crippen molar-refractivity contribution >= 4 is 40.1 Å². The van der Waals surface area contributed by atoms with Crippen molar-refractivity contribution in [2.45, 2.75) is 141 Å². The lowest BCUT2D eigenvalue weighted by Gasteiger charge is -2.44. The Hall–Kier alpha value is -0.156. The summed E-state index contributed by atoms with van der Waals surface area (Å²) in [4.78, 5) is 10.5. The van der Waals surface area contributed by atoms with Crippen LogP contribution in [-0.4, -0.2) is 50.3 Å². The number of aldehydes is 1. The summed E-state index contributed by atoms with van der Waals surface area (Å²) in [7, 11) is -4.38. The summed E-state index contributed by atoms with van der Waals surface area (Å²) in [6.07, 6.45) is 7.60. The number of hydrogen-bond donors (Lipinski definition) is 0. The molecule has 0 bridgehead atoms. The zero-order valence-corrected chi connectivity index (χ0v) is 27.1. The first-order valence-corrected chi connectivity index (χ1v) is 19.8. The van der Waals surface area contributed by atoms with E-state index in [9.17, 15) is 9.00 Å². The molecule has 2 aliphatic rings. The summed E-state index contributed by atoms with van der Waals surface area (Å²) >= 11 is 0. The number of carbonyl (C=O) groups excluding carboxylic acids is 1. The van der Waals surface area contributed by atoms with Gasteiger partial charge in [-0.2, -0.15) is 4.40 Å². The summed E-state index contributed by atoms with van der Waals surface area (Å²) in [5.74, 6) is 0.709. The Labute approximate surface area is 215 Å². The van der Waals surface area contributed by atoms with Crippen LogP contribution in [0.5, 0.6) is 0 Å². The van der Waals surface area contributed by atoms with Gasteiger partial charge in [-0.1, -0.05) is 41.5 Å². The molecule has 1 unspecified atom stereocenters. The molecule has 5 nitrogen and oxygen atoms in total. The van der Waals surface area contributed by atoms with E-state index in [0.29, 0.717) is 18.1 Å². The van der Waals surface area contributed by atoms with E-state index >= 15 is 0 Å². The van der Waals surface area contributed by atoms with E-state index in [1.165, 1.54) is 0 Å². The highest BCUT2D eigenvalue weighted by molar-refractivity contribution is 7.85. The molecule has 2 saturated carbocycles. The molecule has 1 atom stereocenters. The minimum Gasteiger partial charge on any atom is -0.414 e. The third kappa shape index (κ3) is 9.38. The van der Waals surface area contributed by atoms with Gasteiger partial charge in [0.2, 0.25) is 0 Å². The molecule has 2 rings (SSSR count). The predicted molar refractivity (Wildman–Crippen MR) is 152 cm³/mol. The molecule has 2 aliphatic carbocycles. The van der Waals surface area contributed by atoms with E-state index in [-0.39, 0.29) is 20.7 Å². The number of nitrogens with zero attached hydrogens (tertiary/aromatic N) is 1. The lowest BCUT2D eigenvalue weighted by atomic mass is 9.84. The molecule has 0 spiro atoms. The molecule has 200 valence electrons. The van der Waals surface area contributed by atoms with Gasteiger partial charge in [0.05, 0.1) is 4.75 Å². The lowest BCUT2D eigenvalue weighted by Crippen LogP contribution is -2.47. The van der Waals surface area contributed by atoms with Crippen LogP contribution in [0, 0.1) is 11.8 Å². The van der Waals surface area contributed by atoms with E-state index in [4.69, 9.17) is 8.85 Å². The van der Waals surface area contributed by atoms with Gasteiger partial charge in [0.1, 0.15) is 17.3 Å². The Morgan fingerprint density at radius 1 is 0.735 bits per heavy atom. The van der Waals surface area contributed by atoms with E-state index in [0.717, 1.165) is 32.0 Å². The highest BCUT2D eigenvalue weighted by Crippen LogP contribution is 2.42. The van der Waals surface area contributed by atoms with Crippen molar-refractivity contribution in [1.29, 1.82) is 0 Å². The molecule has 2 fully saturated rings. The quantitative estimate of drug-likeness (QED) is 0.196. The van der Waals surface area contributed by atoms with Crippen LogP contribution in [0.3, 0.4) is 0 Å². The summed E-state index contributed by atoms with van der Waals surface area (Å²) in [5.41, 5.74) is 0. The SMILES string of the molecule is CC(C)(C)S(=O)N=CC1CC(O[Si](C)(C)C(C)(C)C)C1.CC(C)(C)[Si](C)(C)OC1CC(C=O)C1. The minimum absolute atomic E-state index is 0.264. The fraction of sp³-hybridized carbons (Fsp3) is 0.923. The van der Waals surface area contributed by atoms with Crippen LogP contribution in [0.4, 0.5) is 0 Å². The van der Waals surface area contributed by atoms with Crippen molar-refractivity contribution in [3.8, 4) is 0 Å². The van der Waals surface area contributed by atoms with Crippen molar-refractivity contribution < 1.29 is 17.9 Å². The molecule has 34 heavy (non-hydrogen) atoms. The van der Waals surface area contributed by atoms with Gasteiger partial charge in [0.15, 0.2) is 16.6 Å². The van der Waals surface area contributed by atoms with Gasteiger partial charge in [0.25, 0.3) is 0 Å². The molecule has 0 aliphatic heterocycles. The van der Waals surface area contributed by atoms with Crippen LogP contribution < -0.4 is 0 Å². The van der Waals surface area contributed by atoms with Crippen molar-refractivity contribution in [2.24, 2.45) is 16.2 Å². The zero-order chi connectivity index (χ0) is 26.8. The Balaban J connectivity index is 0.000000362. The maximum absolute atomic E-state index is 11.8. The van der Waals surface area contributed by atoms with Crippen LogP contribution in [0.1, 0.15) is 88.0 Å². The first-order valence-electron chi connectivity index (χ1n) is 12.9. The largest absolute Gasteiger partial charge is 0.414 e. The van der Waals surface area contributed by atoms with Crippen LogP contribution in [-0.2, 0) is 24.6 Å². The van der Waals surface area contributed by atoms with Gasteiger partial charge in [-0.05, 0) is 88.6 Å². The van der Waals surface area contributed by atoms with Crippen LogP contribution in [0.25, 0.3) is 0 Å². The second kappa shape index (κ2) is 11.5. The molecule has 0 saturated heterocycles. The first kappa shape index (κ1) is 31.9. The topological polar surface area (TPSA) is 65.0 Å². The smallest absolute Gasteiger partial charge is 0.192 e. The van der Waals surface area contributed by atoms with Gasteiger partial charge < -0.3 is 13.6 Å². The van der Waals surface area contributed by atoms with Gasteiger partial charge in [-0.25, -0.2) is 4.21 Å². The molecule has 0 N–H and O–H groups in total. The molecule has 0 aromatic carbocycles. The number of rotatable bonds is 7. The van der Waals surface area contributed by atoms with Crippen molar-refractivity contribution in [3.05, 3.63) is 0 Å². The fourth-order valence-electron chi connectivity index (χ4n) is 3.12.